The predicted octanol–water partition coefficient (Wildman–Crippen LogP) is 4.52. The zero-order valence-corrected chi connectivity index (χ0v) is 20.3. The lowest BCUT2D eigenvalue weighted by molar-refractivity contribution is -0.135. The number of amides is 3. The summed E-state index contributed by atoms with van der Waals surface area (Å²) in [5.41, 5.74) is 1.09. The Morgan fingerprint density at radius 2 is 1.71 bits per heavy atom. The average molecular weight is 480 g/mol. The first-order valence-corrected chi connectivity index (χ1v) is 12.7. The number of hydrogen-bond donors (Lipinski definition) is 1. The van der Waals surface area contributed by atoms with Gasteiger partial charge in [-0.05, 0) is 80.1 Å². The fourth-order valence-electron chi connectivity index (χ4n) is 6.18. The monoisotopic (exact) mass is 479 g/mol. The zero-order valence-electron chi connectivity index (χ0n) is 20.3. The van der Waals surface area contributed by atoms with Gasteiger partial charge in [0, 0.05) is 19.0 Å². The maximum Gasteiger partial charge on any atom is 0.325 e. The maximum absolute atomic E-state index is 14.0. The maximum atomic E-state index is 14.0. The quantitative estimate of drug-likeness (QED) is 0.593. The van der Waals surface area contributed by atoms with E-state index in [0.717, 1.165) is 69.5 Å². The van der Waals surface area contributed by atoms with Gasteiger partial charge in [-0.15, -0.1) is 0 Å². The molecular weight excluding hydrogens is 445 g/mol. The number of nitrogens with one attached hydrogen (secondary N) is 1. The van der Waals surface area contributed by atoms with Crippen molar-refractivity contribution in [2.75, 3.05) is 20.2 Å². The minimum atomic E-state index is -0.973. The van der Waals surface area contributed by atoms with Crippen molar-refractivity contribution in [1.82, 2.24) is 15.1 Å². The highest BCUT2D eigenvalue weighted by Crippen LogP contribution is 2.39. The predicted molar refractivity (Wildman–Crippen MR) is 131 cm³/mol. The minimum Gasteiger partial charge on any atom is -0.497 e. The van der Waals surface area contributed by atoms with Gasteiger partial charge in [-0.3, -0.25) is 14.6 Å². The van der Waals surface area contributed by atoms with Crippen LogP contribution in [0.3, 0.4) is 0 Å². The molecule has 2 aliphatic heterocycles. The Bertz CT molecular complexity index is 1060. The molecule has 1 atom stereocenters. The fraction of sp³-hybridized carbons (Fsp3) is 0.500. The molecule has 35 heavy (non-hydrogen) atoms. The summed E-state index contributed by atoms with van der Waals surface area (Å²) < 4.78 is 18.9. The highest BCUT2D eigenvalue weighted by molar-refractivity contribution is 6.07. The second-order valence-corrected chi connectivity index (χ2v) is 10.2. The summed E-state index contributed by atoms with van der Waals surface area (Å²) in [6, 6.07) is 14.1. The Kier molecular flexibility index (Phi) is 6.78. The molecule has 2 heterocycles. The van der Waals surface area contributed by atoms with Gasteiger partial charge in [-0.1, -0.05) is 37.1 Å². The number of likely N-dealkylation sites (tertiary alicyclic amines) is 1. The van der Waals surface area contributed by atoms with Crippen molar-refractivity contribution in [1.29, 1.82) is 0 Å². The van der Waals surface area contributed by atoms with Gasteiger partial charge in [0.15, 0.2) is 0 Å². The van der Waals surface area contributed by atoms with Crippen LogP contribution in [0.2, 0.25) is 0 Å². The Labute approximate surface area is 206 Å². The highest BCUT2D eigenvalue weighted by Gasteiger charge is 2.57. The van der Waals surface area contributed by atoms with Crippen molar-refractivity contribution >= 4 is 11.9 Å². The second-order valence-electron chi connectivity index (χ2n) is 10.2. The third kappa shape index (κ3) is 4.79. The number of hydrogen-bond acceptors (Lipinski definition) is 4. The van der Waals surface area contributed by atoms with Crippen LogP contribution < -0.4 is 10.1 Å². The first kappa shape index (κ1) is 23.8. The summed E-state index contributed by atoms with van der Waals surface area (Å²) in [4.78, 5) is 31.0. The number of urea groups is 1. The molecule has 2 aromatic carbocycles. The summed E-state index contributed by atoms with van der Waals surface area (Å²) in [6.07, 6.45) is 5.88. The molecule has 7 heteroatoms. The van der Waals surface area contributed by atoms with E-state index >= 15 is 0 Å². The van der Waals surface area contributed by atoms with Crippen molar-refractivity contribution in [3.8, 4) is 5.75 Å². The molecule has 1 N–H and O–H groups in total. The number of rotatable bonds is 7. The van der Waals surface area contributed by atoms with Crippen LogP contribution in [0, 0.1) is 11.7 Å². The molecule has 3 aliphatic rings. The van der Waals surface area contributed by atoms with Crippen molar-refractivity contribution in [3.05, 3.63) is 65.5 Å². The van der Waals surface area contributed by atoms with Crippen LogP contribution in [0.5, 0.6) is 5.75 Å². The van der Waals surface area contributed by atoms with Crippen molar-refractivity contribution in [3.63, 3.8) is 0 Å². The van der Waals surface area contributed by atoms with Gasteiger partial charge >= 0.3 is 6.03 Å². The average Bonchev–Trinajstić information content (AvgIpc) is 3.47. The summed E-state index contributed by atoms with van der Waals surface area (Å²) in [5, 5.41) is 3.17. The molecule has 186 valence electrons. The van der Waals surface area contributed by atoms with Gasteiger partial charge in [-0.2, -0.15) is 0 Å². The normalized spacial score (nSPS) is 24.2. The number of imide groups is 1. The molecule has 5 rings (SSSR count). The van der Waals surface area contributed by atoms with Crippen LogP contribution >= 0.6 is 0 Å². The molecule has 0 spiro atoms. The highest BCUT2D eigenvalue weighted by atomic mass is 19.1. The molecule has 3 fully saturated rings. The van der Waals surface area contributed by atoms with E-state index in [1.807, 2.05) is 12.1 Å². The Morgan fingerprint density at radius 1 is 1.00 bits per heavy atom. The van der Waals surface area contributed by atoms with Crippen LogP contribution in [0.15, 0.2) is 48.5 Å². The number of nitrogens with zero attached hydrogens (tertiary/aromatic N) is 2. The molecule has 0 bridgehead atoms. The molecule has 0 aromatic heterocycles. The number of carbonyl (C=O) groups is 2. The Hall–Kier alpha value is -2.93. The molecule has 0 radical (unpaired) electrons. The largest absolute Gasteiger partial charge is 0.497 e. The van der Waals surface area contributed by atoms with Gasteiger partial charge in [0.2, 0.25) is 0 Å². The molecule has 3 amide bonds. The number of carbonyl (C=O) groups excluding carboxylic acids is 2. The molecule has 2 aromatic rings. The molecule has 1 saturated carbocycles. The fourth-order valence-corrected chi connectivity index (χ4v) is 6.18. The molecular formula is C28H34FN3O3. The van der Waals surface area contributed by atoms with E-state index in [9.17, 15) is 14.0 Å². The van der Waals surface area contributed by atoms with Crippen LogP contribution in [0.1, 0.15) is 49.7 Å². The Morgan fingerprint density at radius 3 is 2.40 bits per heavy atom. The Balaban J connectivity index is 1.35. The lowest BCUT2D eigenvalue weighted by Gasteiger charge is -2.41. The number of ether oxygens (including phenoxy) is 1. The van der Waals surface area contributed by atoms with Crippen LogP contribution in [0.25, 0.3) is 0 Å². The summed E-state index contributed by atoms with van der Waals surface area (Å²) in [7, 11) is 1.67. The third-order valence-corrected chi connectivity index (χ3v) is 8.06. The van der Waals surface area contributed by atoms with E-state index in [4.69, 9.17) is 4.74 Å². The van der Waals surface area contributed by atoms with Gasteiger partial charge in [0.05, 0.1) is 7.11 Å². The standard InChI is InChI=1S/C28H34FN3O3/c1-35-25-8-4-5-21(17-25)19-31-15-13-22(14-16-31)28(18-20-9-11-23(29)12-10-20)26(33)32(27(34)30-28)24-6-2-3-7-24/h4-5,8-12,17,22,24H,2-3,6-7,13-16,18-19H2,1H3,(H,30,34)/t28-/m1/s1. The van der Waals surface area contributed by atoms with Crippen LogP contribution in [-0.4, -0.2) is 53.5 Å². The third-order valence-electron chi connectivity index (χ3n) is 8.06. The van der Waals surface area contributed by atoms with E-state index in [1.54, 1.807) is 19.2 Å². The summed E-state index contributed by atoms with van der Waals surface area (Å²) in [5.74, 6) is 0.479. The SMILES string of the molecule is COc1cccc(CN2CCC([C@@]3(Cc4ccc(F)cc4)NC(=O)N(C4CCCC4)C3=O)CC2)c1. The van der Waals surface area contributed by atoms with Gasteiger partial charge in [-0.25, -0.2) is 9.18 Å². The molecule has 1 aliphatic carbocycles. The lowest BCUT2D eigenvalue weighted by Crippen LogP contribution is -2.57. The summed E-state index contributed by atoms with van der Waals surface area (Å²) in [6.45, 7) is 2.52. The lowest BCUT2D eigenvalue weighted by atomic mass is 9.73. The number of piperidine rings is 1. The van der Waals surface area contributed by atoms with E-state index in [-0.39, 0.29) is 29.7 Å². The van der Waals surface area contributed by atoms with E-state index in [1.165, 1.54) is 22.6 Å². The van der Waals surface area contributed by atoms with Gasteiger partial charge in [0.1, 0.15) is 17.1 Å². The molecule has 2 saturated heterocycles. The number of methoxy groups -OCH3 is 1. The second kappa shape index (κ2) is 9.97. The van der Waals surface area contributed by atoms with E-state index in [0.29, 0.717) is 6.42 Å². The van der Waals surface area contributed by atoms with Crippen LogP contribution in [0.4, 0.5) is 9.18 Å². The van der Waals surface area contributed by atoms with Crippen molar-refractivity contribution in [2.45, 2.75) is 63.1 Å². The van der Waals surface area contributed by atoms with Crippen LogP contribution in [-0.2, 0) is 17.8 Å². The summed E-state index contributed by atoms with van der Waals surface area (Å²) >= 11 is 0. The smallest absolute Gasteiger partial charge is 0.325 e. The molecule has 6 nitrogen and oxygen atoms in total. The van der Waals surface area contributed by atoms with E-state index < -0.39 is 5.54 Å². The molecule has 0 unspecified atom stereocenters. The number of halogens is 1. The van der Waals surface area contributed by atoms with Crippen molar-refractivity contribution in [2.24, 2.45) is 5.92 Å². The van der Waals surface area contributed by atoms with Gasteiger partial charge < -0.3 is 10.1 Å². The minimum absolute atomic E-state index is 0.00857. The first-order chi connectivity index (χ1) is 17.0. The van der Waals surface area contributed by atoms with Crippen molar-refractivity contribution < 1.29 is 18.7 Å². The zero-order chi connectivity index (χ0) is 24.4. The number of benzene rings is 2. The van der Waals surface area contributed by atoms with E-state index in [2.05, 4.69) is 22.3 Å². The first-order valence-electron chi connectivity index (χ1n) is 12.7. The van der Waals surface area contributed by atoms with Gasteiger partial charge in [0.25, 0.3) is 5.91 Å². The topological polar surface area (TPSA) is 61.9 Å².